The Kier molecular flexibility index (Phi) is 4.74. The second-order valence-corrected chi connectivity index (χ2v) is 3.91. The first-order valence-electron chi connectivity index (χ1n) is 5.78. The zero-order valence-electron chi connectivity index (χ0n) is 9.42. The minimum atomic E-state index is 0.823. The van der Waals surface area contributed by atoms with Gasteiger partial charge in [-0.05, 0) is 39.0 Å². The molecule has 2 heteroatoms. The van der Waals surface area contributed by atoms with E-state index in [0.717, 1.165) is 6.04 Å². The van der Waals surface area contributed by atoms with Gasteiger partial charge in [-0.3, -0.25) is 4.90 Å². The van der Waals surface area contributed by atoms with Gasteiger partial charge in [0.25, 0.3) is 0 Å². The summed E-state index contributed by atoms with van der Waals surface area (Å²) in [5, 5.41) is 0. The van der Waals surface area contributed by atoms with Crippen molar-refractivity contribution in [1.82, 2.24) is 9.80 Å². The first-order valence-corrected chi connectivity index (χ1v) is 5.78. The maximum atomic E-state index is 2.60. The highest BCUT2D eigenvalue weighted by Crippen LogP contribution is 2.14. The van der Waals surface area contributed by atoms with Gasteiger partial charge < -0.3 is 4.90 Å². The lowest BCUT2D eigenvalue weighted by Crippen LogP contribution is -2.47. The molecule has 0 aromatic rings. The number of piperidine rings is 1. The quantitative estimate of drug-likeness (QED) is 0.657. The summed E-state index contributed by atoms with van der Waals surface area (Å²) < 4.78 is 0. The van der Waals surface area contributed by atoms with Crippen molar-refractivity contribution in [3.63, 3.8) is 0 Å². The Hall–Kier alpha value is -0.0800. The molecule has 0 N–H and O–H groups in total. The van der Waals surface area contributed by atoms with Crippen molar-refractivity contribution in [2.24, 2.45) is 0 Å². The molecule has 0 aromatic heterocycles. The SMILES string of the molecule is CCN1CCCC(N(CC)CC)C1. The fraction of sp³-hybridized carbons (Fsp3) is 1.00. The first-order chi connectivity index (χ1) is 6.31. The van der Waals surface area contributed by atoms with Crippen LogP contribution in [0.25, 0.3) is 0 Å². The van der Waals surface area contributed by atoms with E-state index in [0.29, 0.717) is 0 Å². The maximum absolute atomic E-state index is 2.60. The zero-order chi connectivity index (χ0) is 9.68. The molecular formula is C11H24N2. The normalized spacial score (nSPS) is 25.4. The van der Waals surface area contributed by atoms with Crippen molar-refractivity contribution in [1.29, 1.82) is 0 Å². The largest absolute Gasteiger partial charge is 0.302 e. The Morgan fingerprint density at radius 3 is 2.46 bits per heavy atom. The summed E-state index contributed by atoms with van der Waals surface area (Å²) in [6, 6.07) is 0.823. The highest BCUT2D eigenvalue weighted by atomic mass is 15.2. The summed E-state index contributed by atoms with van der Waals surface area (Å²) >= 11 is 0. The molecule has 0 amide bonds. The molecule has 1 unspecified atom stereocenters. The van der Waals surface area contributed by atoms with Crippen LogP contribution in [0.4, 0.5) is 0 Å². The summed E-state index contributed by atoms with van der Waals surface area (Å²) in [5.41, 5.74) is 0. The highest BCUT2D eigenvalue weighted by Gasteiger charge is 2.22. The topological polar surface area (TPSA) is 6.48 Å². The van der Waals surface area contributed by atoms with E-state index in [1.54, 1.807) is 0 Å². The first kappa shape index (κ1) is 11.0. The lowest BCUT2D eigenvalue weighted by Gasteiger charge is -2.38. The molecule has 78 valence electrons. The van der Waals surface area contributed by atoms with Crippen molar-refractivity contribution in [3.05, 3.63) is 0 Å². The monoisotopic (exact) mass is 184 g/mol. The van der Waals surface area contributed by atoms with Crippen LogP contribution >= 0.6 is 0 Å². The molecule has 2 nitrogen and oxygen atoms in total. The summed E-state index contributed by atoms with van der Waals surface area (Å²) in [6.45, 7) is 13.1. The van der Waals surface area contributed by atoms with Crippen LogP contribution in [0.2, 0.25) is 0 Å². The molecule has 0 radical (unpaired) electrons. The molecule has 1 aliphatic heterocycles. The fourth-order valence-corrected chi connectivity index (χ4v) is 2.36. The fourth-order valence-electron chi connectivity index (χ4n) is 2.36. The third kappa shape index (κ3) is 2.96. The lowest BCUT2D eigenvalue weighted by molar-refractivity contribution is 0.109. The standard InChI is InChI=1S/C11H24N2/c1-4-12-9-7-8-11(10-12)13(5-2)6-3/h11H,4-10H2,1-3H3. The molecule has 0 spiro atoms. The van der Waals surface area contributed by atoms with Crippen molar-refractivity contribution < 1.29 is 0 Å². The van der Waals surface area contributed by atoms with Crippen LogP contribution in [0.15, 0.2) is 0 Å². The summed E-state index contributed by atoms with van der Waals surface area (Å²) in [4.78, 5) is 5.17. The van der Waals surface area contributed by atoms with Crippen LogP contribution in [-0.4, -0.2) is 48.6 Å². The molecule has 0 aromatic carbocycles. The third-order valence-electron chi connectivity index (χ3n) is 3.26. The van der Waals surface area contributed by atoms with E-state index in [4.69, 9.17) is 0 Å². The Bertz CT molecular complexity index is 132. The van der Waals surface area contributed by atoms with Gasteiger partial charge in [0, 0.05) is 12.6 Å². The van der Waals surface area contributed by atoms with E-state index in [9.17, 15) is 0 Å². The minimum absolute atomic E-state index is 0.823. The van der Waals surface area contributed by atoms with Gasteiger partial charge in [0.05, 0.1) is 0 Å². The second-order valence-electron chi connectivity index (χ2n) is 3.91. The molecular weight excluding hydrogens is 160 g/mol. The van der Waals surface area contributed by atoms with Gasteiger partial charge in [-0.15, -0.1) is 0 Å². The average molecular weight is 184 g/mol. The van der Waals surface area contributed by atoms with Crippen molar-refractivity contribution in [2.75, 3.05) is 32.7 Å². The predicted octanol–water partition coefficient (Wildman–Crippen LogP) is 1.81. The number of likely N-dealkylation sites (N-methyl/N-ethyl adjacent to an activating group) is 2. The maximum Gasteiger partial charge on any atom is 0.0223 e. The van der Waals surface area contributed by atoms with Gasteiger partial charge in [0.2, 0.25) is 0 Å². The van der Waals surface area contributed by atoms with E-state index in [1.807, 2.05) is 0 Å². The van der Waals surface area contributed by atoms with Gasteiger partial charge in [0.1, 0.15) is 0 Å². The number of nitrogens with zero attached hydrogens (tertiary/aromatic N) is 2. The van der Waals surface area contributed by atoms with Crippen LogP contribution in [0, 0.1) is 0 Å². The van der Waals surface area contributed by atoms with Crippen molar-refractivity contribution in [3.8, 4) is 0 Å². The lowest BCUT2D eigenvalue weighted by atomic mass is 10.0. The van der Waals surface area contributed by atoms with Crippen LogP contribution in [-0.2, 0) is 0 Å². The minimum Gasteiger partial charge on any atom is -0.302 e. The molecule has 1 atom stereocenters. The third-order valence-corrected chi connectivity index (χ3v) is 3.26. The number of hydrogen-bond donors (Lipinski definition) is 0. The molecule has 1 heterocycles. The van der Waals surface area contributed by atoms with Gasteiger partial charge in [0.15, 0.2) is 0 Å². The molecule has 0 aliphatic carbocycles. The van der Waals surface area contributed by atoms with E-state index in [1.165, 1.54) is 45.6 Å². The van der Waals surface area contributed by atoms with Crippen LogP contribution in [0.1, 0.15) is 33.6 Å². The van der Waals surface area contributed by atoms with Crippen LogP contribution in [0.5, 0.6) is 0 Å². The molecule has 0 bridgehead atoms. The number of hydrogen-bond acceptors (Lipinski definition) is 2. The van der Waals surface area contributed by atoms with Crippen molar-refractivity contribution >= 4 is 0 Å². The van der Waals surface area contributed by atoms with Crippen LogP contribution in [0.3, 0.4) is 0 Å². The Balaban J connectivity index is 2.40. The average Bonchev–Trinajstić information content (AvgIpc) is 2.20. The smallest absolute Gasteiger partial charge is 0.0223 e. The Morgan fingerprint density at radius 2 is 1.92 bits per heavy atom. The summed E-state index contributed by atoms with van der Waals surface area (Å²) in [5.74, 6) is 0. The van der Waals surface area contributed by atoms with Gasteiger partial charge in [-0.2, -0.15) is 0 Å². The van der Waals surface area contributed by atoms with Gasteiger partial charge in [-0.25, -0.2) is 0 Å². The van der Waals surface area contributed by atoms with Gasteiger partial charge in [-0.1, -0.05) is 20.8 Å². The molecule has 13 heavy (non-hydrogen) atoms. The van der Waals surface area contributed by atoms with Crippen molar-refractivity contribution in [2.45, 2.75) is 39.7 Å². The van der Waals surface area contributed by atoms with E-state index in [2.05, 4.69) is 30.6 Å². The van der Waals surface area contributed by atoms with Crippen LogP contribution < -0.4 is 0 Å². The second kappa shape index (κ2) is 5.61. The molecule has 1 aliphatic rings. The van der Waals surface area contributed by atoms with E-state index >= 15 is 0 Å². The molecule has 0 saturated carbocycles. The molecule has 1 fully saturated rings. The number of likely N-dealkylation sites (tertiary alicyclic amines) is 1. The highest BCUT2D eigenvalue weighted by molar-refractivity contribution is 4.79. The predicted molar refractivity (Wildman–Crippen MR) is 58.1 cm³/mol. The van der Waals surface area contributed by atoms with Gasteiger partial charge >= 0.3 is 0 Å². The Labute approximate surface area is 82.9 Å². The molecule has 1 rings (SSSR count). The van der Waals surface area contributed by atoms with E-state index in [-0.39, 0.29) is 0 Å². The molecule has 1 saturated heterocycles. The summed E-state index contributed by atoms with van der Waals surface area (Å²) in [6.07, 6.45) is 2.78. The Morgan fingerprint density at radius 1 is 1.23 bits per heavy atom. The zero-order valence-corrected chi connectivity index (χ0v) is 9.42. The number of rotatable bonds is 4. The summed E-state index contributed by atoms with van der Waals surface area (Å²) in [7, 11) is 0. The van der Waals surface area contributed by atoms with E-state index < -0.39 is 0 Å².